The lowest BCUT2D eigenvalue weighted by Crippen LogP contribution is -2.41. The summed E-state index contributed by atoms with van der Waals surface area (Å²) in [6.45, 7) is 9.43. The number of rotatable bonds is 35. The van der Waals surface area contributed by atoms with E-state index in [1.165, 1.54) is 218 Å². The second-order valence-electron chi connectivity index (χ2n) is 14.7. The zero-order chi connectivity index (χ0) is 31.8. The minimum Gasteiger partial charge on any atom is -0.247 e. The Labute approximate surface area is 278 Å². The van der Waals surface area contributed by atoms with Crippen LogP contribution in [0.2, 0.25) is 0 Å². The quantitative estimate of drug-likeness (QED) is 0.0579. The molecular formula is C42H83N2+. The van der Waals surface area contributed by atoms with Gasteiger partial charge >= 0.3 is 0 Å². The Morgan fingerprint density at radius 2 is 0.727 bits per heavy atom. The first kappa shape index (κ1) is 41.2. The van der Waals surface area contributed by atoms with Gasteiger partial charge in [0.05, 0.1) is 12.0 Å². The van der Waals surface area contributed by atoms with Gasteiger partial charge in [-0.1, -0.05) is 207 Å². The molecule has 0 aliphatic heterocycles. The van der Waals surface area contributed by atoms with Crippen LogP contribution in [-0.2, 0) is 0 Å². The van der Waals surface area contributed by atoms with Gasteiger partial charge in [0.15, 0.2) is 0 Å². The number of hydrogen-bond donors (Lipinski definition) is 1. The Morgan fingerprint density at radius 3 is 1.07 bits per heavy atom. The lowest BCUT2D eigenvalue weighted by Gasteiger charge is -2.17. The minimum atomic E-state index is 0.619. The molecule has 0 bridgehead atoms. The molecule has 0 aliphatic carbocycles. The van der Waals surface area contributed by atoms with Crippen LogP contribution in [0.15, 0.2) is 12.4 Å². The average molecular weight is 616 g/mol. The van der Waals surface area contributed by atoms with Crippen molar-refractivity contribution in [1.29, 1.82) is 0 Å². The molecule has 2 heteroatoms. The zero-order valence-electron chi connectivity index (χ0n) is 31.1. The molecular weight excluding hydrogens is 532 g/mol. The van der Waals surface area contributed by atoms with Gasteiger partial charge in [-0.25, -0.2) is 9.55 Å². The summed E-state index contributed by atoms with van der Waals surface area (Å²) in [5, 5.41) is 0. The summed E-state index contributed by atoms with van der Waals surface area (Å²) in [5.74, 6) is 2.25. The van der Waals surface area contributed by atoms with Gasteiger partial charge in [-0.3, -0.25) is 0 Å². The molecule has 0 spiro atoms. The van der Waals surface area contributed by atoms with Crippen molar-refractivity contribution in [1.82, 2.24) is 4.98 Å². The van der Waals surface area contributed by atoms with Gasteiger partial charge in [0.25, 0.3) is 5.82 Å². The summed E-state index contributed by atoms with van der Waals surface area (Å²) in [7, 11) is 0. The third-order valence-electron chi connectivity index (χ3n) is 10.4. The summed E-state index contributed by atoms with van der Waals surface area (Å²) >= 11 is 0. The molecule has 0 aromatic carbocycles. The number of hydrogen-bond acceptors (Lipinski definition) is 0. The Hall–Kier alpha value is -0.790. The second kappa shape index (κ2) is 32.2. The van der Waals surface area contributed by atoms with Gasteiger partial charge in [0.2, 0.25) is 0 Å². The summed E-state index contributed by atoms with van der Waals surface area (Å²) in [6.07, 6.45) is 51.7. The van der Waals surface area contributed by atoms with Crippen LogP contribution in [0.4, 0.5) is 0 Å². The molecule has 0 radical (unpaired) electrons. The Morgan fingerprint density at radius 1 is 0.432 bits per heavy atom. The van der Waals surface area contributed by atoms with Crippen LogP contribution >= 0.6 is 0 Å². The highest BCUT2D eigenvalue weighted by Gasteiger charge is 2.25. The number of unbranched alkanes of at least 4 members (excludes halogenated alkanes) is 27. The van der Waals surface area contributed by atoms with E-state index < -0.39 is 0 Å². The molecule has 2 nitrogen and oxygen atoms in total. The fraction of sp³-hybridized carbons (Fsp3) is 0.929. The van der Waals surface area contributed by atoms with Crippen LogP contribution in [-0.4, -0.2) is 4.98 Å². The van der Waals surface area contributed by atoms with Crippen LogP contribution in [0.3, 0.4) is 0 Å². The first-order valence-electron chi connectivity index (χ1n) is 20.8. The molecule has 0 fully saturated rings. The van der Waals surface area contributed by atoms with Gasteiger partial charge in [-0.2, -0.15) is 0 Å². The maximum absolute atomic E-state index is 3.75. The molecule has 0 amide bonds. The predicted octanol–water partition coefficient (Wildman–Crippen LogP) is 14.9. The van der Waals surface area contributed by atoms with E-state index in [1.807, 2.05) is 0 Å². The first-order valence-corrected chi connectivity index (χ1v) is 20.8. The van der Waals surface area contributed by atoms with E-state index in [-0.39, 0.29) is 0 Å². The van der Waals surface area contributed by atoms with E-state index in [0.717, 1.165) is 0 Å². The van der Waals surface area contributed by atoms with E-state index in [2.05, 4.69) is 49.6 Å². The zero-order valence-corrected chi connectivity index (χ0v) is 31.1. The van der Waals surface area contributed by atoms with E-state index in [9.17, 15) is 0 Å². The summed E-state index contributed by atoms with van der Waals surface area (Å²) in [4.78, 5) is 3.75. The molecule has 1 rings (SSSR count). The summed E-state index contributed by atoms with van der Waals surface area (Å²) < 4.78 is 2.64. The molecule has 2 atom stereocenters. The van der Waals surface area contributed by atoms with Crippen molar-refractivity contribution in [3.8, 4) is 0 Å². The predicted molar refractivity (Wildman–Crippen MR) is 198 cm³/mol. The van der Waals surface area contributed by atoms with Crippen molar-refractivity contribution in [3.05, 3.63) is 18.2 Å². The summed E-state index contributed by atoms with van der Waals surface area (Å²) in [5.41, 5.74) is 0. The van der Waals surface area contributed by atoms with E-state index in [0.29, 0.717) is 12.0 Å². The smallest absolute Gasteiger partial charge is 0.247 e. The lowest BCUT2D eigenvalue weighted by atomic mass is 9.92. The molecule has 1 aromatic rings. The molecule has 0 saturated heterocycles. The first-order chi connectivity index (χ1) is 21.7. The second-order valence-corrected chi connectivity index (χ2v) is 14.7. The molecule has 1 aromatic heterocycles. The average Bonchev–Trinajstić information content (AvgIpc) is 3.53. The number of imidazole rings is 1. The molecule has 0 aliphatic rings. The van der Waals surface area contributed by atoms with Gasteiger partial charge in [0, 0.05) is 0 Å². The number of H-pyrrole nitrogens is 1. The van der Waals surface area contributed by atoms with Crippen molar-refractivity contribution in [2.45, 2.75) is 252 Å². The molecule has 0 saturated carbocycles. The van der Waals surface area contributed by atoms with Crippen molar-refractivity contribution in [2.24, 2.45) is 0 Å². The van der Waals surface area contributed by atoms with Gasteiger partial charge in [-0.05, 0) is 32.6 Å². The molecule has 1 heterocycles. The number of aromatic nitrogens is 2. The van der Waals surface area contributed by atoms with Crippen LogP contribution in [0.5, 0.6) is 0 Å². The van der Waals surface area contributed by atoms with Crippen molar-refractivity contribution < 1.29 is 4.57 Å². The SMILES string of the molecule is CCCCCCCCCCCCCCCCCC(C)[n+]1cc[nH]c1C(CCCCCCCC)CCCCCCCCCCC. The highest BCUT2D eigenvalue weighted by atomic mass is 15.1. The number of nitrogens with one attached hydrogen (secondary N) is 1. The highest BCUT2D eigenvalue weighted by molar-refractivity contribution is 4.90. The lowest BCUT2D eigenvalue weighted by molar-refractivity contribution is -0.727. The van der Waals surface area contributed by atoms with Gasteiger partial charge in [-0.15, -0.1) is 0 Å². The Bertz CT molecular complexity index is 679. The maximum Gasteiger partial charge on any atom is 0.257 e. The van der Waals surface area contributed by atoms with E-state index in [1.54, 1.807) is 0 Å². The normalized spacial score (nSPS) is 13.1. The molecule has 1 N–H and O–H groups in total. The van der Waals surface area contributed by atoms with E-state index >= 15 is 0 Å². The van der Waals surface area contributed by atoms with E-state index in [4.69, 9.17) is 0 Å². The van der Waals surface area contributed by atoms with Crippen LogP contribution in [0.25, 0.3) is 0 Å². The third-order valence-corrected chi connectivity index (χ3v) is 10.4. The fourth-order valence-corrected chi connectivity index (χ4v) is 7.31. The minimum absolute atomic E-state index is 0.619. The topological polar surface area (TPSA) is 19.7 Å². The maximum atomic E-state index is 3.75. The van der Waals surface area contributed by atoms with Crippen LogP contribution in [0, 0.1) is 0 Å². The molecule has 44 heavy (non-hydrogen) atoms. The Kier molecular flexibility index (Phi) is 30.1. The molecule has 2 unspecified atom stereocenters. The highest BCUT2D eigenvalue weighted by Crippen LogP contribution is 2.27. The van der Waals surface area contributed by atoms with Crippen molar-refractivity contribution >= 4 is 0 Å². The van der Waals surface area contributed by atoms with Crippen molar-refractivity contribution in [2.75, 3.05) is 0 Å². The monoisotopic (exact) mass is 616 g/mol. The number of nitrogens with zero attached hydrogens (tertiary/aromatic N) is 1. The standard InChI is InChI=1S/C42H82N2/c1-5-8-11-14-17-19-20-21-22-23-24-26-27-29-32-35-40(4)44-39-38-43-42(44)41(36-33-30-16-13-10-7-3)37-34-31-28-25-18-15-12-9-6-2/h38-41H,5-37H2,1-4H3/p+1. The largest absolute Gasteiger partial charge is 0.257 e. The molecule has 260 valence electrons. The Balaban J connectivity index is 2.30. The summed E-state index contributed by atoms with van der Waals surface area (Å²) in [6, 6.07) is 0.619. The van der Waals surface area contributed by atoms with Crippen molar-refractivity contribution in [3.63, 3.8) is 0 Å². The number of aromatic amines is 1. The van der Waals surface area contributed by atoms with Gasteiger partial charge in [0.1, 0.15) is 12.4 Å². The fourth-order valence-electron chi connectivity index (χ4n) is 7.31. The van der Waals surface area contributed by atoms with Gasteiger partial charge < -0.3 is 0 Å². The third kappa shape index (κ3) is 23.5. The van der Waals surface area contributed by atoms with Crippen LogP contribution < -0.4 is 4.57 Å². The van der Waals surface area contributed by atoms with Crippen LogP contribution in [0.1, 0.15) is 257 Å².